The minimum Gasteiger partial charge on any atom is -0.481 e. The van der Waals surface area contributed by atoms with E-state index in [0.29, 0.717) is 13.1 Å². The molecule has 0 bridgehead atoms. The van der Waals surface area contributed by atoms with Gasteiger partial charge in [-0.05, 0) is 19.3 Å². The van der Waals surface area contributed by atoms with Crippen molar-refractivity contribution in [3.8, 4) is 0 Å². The number of hydrogen-bond donors (Lipinski definition) is 2. The molecule has 2 N–H and O–H groups in total. The van der Waals surface area contributed by atoms with Gasteiger partial charge in [-0.15, -0.1) is 0 Å². The van der Waals surface area contributed by atoms with Crippen molar-refractivity contribution in [1.29, 1.82) is 0 Å². The second-order valence-corrected chi connectivity index (χ2v) is 5.04. The van der Waals surface area contributed by atoms with E-state index in [0.717, 1.165) is 6.42 Å². The molecule has 5 heteroatoms. The summed E-state index contributed by atoms with van der Waals surface area (Å²) < 4.78 is 0. The van der Waals surface area contributed by atoms with Crippen LogP contribution in [0.15, 0.2) is 0 Å². The van der Waals surface area contributed by atoms with E-state index in [1.165, 1.54) is 0 Å². The third kappa shape index (κ3) is 4.34. The first-order chi connectivity index (χ1) is 7.90. The highest BCUT2D eigenvalue weighted by Gasteiger charge is 2.29. The van der Waals surface area contributed by atoms with Crippen LogP contribution in [0, 0.1) is 11.8 Å². The van der Waals surface area contributed by atoms with Crippen molar-refractivity contribution in [1.82, 2.24) is 4.90 Å². The van der Waals surface area contributed by atoms with E-state index < -0.39 is 5.97 Å². The van der Waals surface area contributed by atoms with Gasteiger partial charge in [0, 0.05) is 31.8 Å². The molecule has 1 aliphatic heterocycles. The molecule has 0 aromatic carbocycles. The van der Waals surface area contributed by atoms with Crippen molar-refractivity contribution in [2.45, 2.75) is 39.2 Å². The third-order valence-corrected chi connectivity index (χ3v) is 3.31. The average molecular weight is 243 g/mol. The van der Waals surface area contributed by atoms with Gasteiger partial charge in [0.15, 0.2) is 0 Å². The summed E-state index contributed by atoms with van der Waals surface area (Å²) in [7, 11) is 0. The summed E-state index contributed by atoms with van der Waals surface area (Å²) >= 11 is 0. The first-order valence-electron chi connectivity index (χ1n) is 6.07. The standard InChI is InChI=1S/C12H21NO4/c1-8(6-12(16)17)5-11(15)13-4-3-10(7-13)9(2)14/h8-10,14H,3-7H2,1-2H3,(H,16,17). The molecule has 0 saturated carbocycles. The van der Waals surface area contributed by atoms with Crippen molar-refractivity contribution in [3.05, 3.63) is 0 Å². The number of aliphatic carboxylic acids is 1. The molecule has 1 saturated heterocycles. The minimum absolute atomic E-state index is 0.00176. The molecule has 5 nitrogen and oxygen atoms in total. The third-order valence-electron chi connectivity index (χ3n) is 3.31. The number of likely N-dealkylation sites (tertiary alicyclic amines) is 1. The van der Waals surface area contributed by atoms with Crippen molar-refractivity contribution < 1.29 is 19.8 Å². The van der Waals surface area contributed by atoms with Gasteiger partial charge in [-0.2, -0.15) is 0 Å². The lowest BCUT2D eigenvalue weighted by molar-refractivity contribution is -0.138. The number of hydrogen-bond acceptors (Lipinski definition) is 3. The predicted octanol–water partition coefficient (Wildman–Crippen LogP) is 0.717. The normalized spacial score (nSPS) is 23.5. The number of aliphatic hydroxyl groups excluding tert-OH is 1. The molecule has 0 spiro atoms. The highest BCUT2D eigenvalue weighted by atomic mass is 16.4. The zero-order valence-electron chi connectivity index (χ0n) is 10.4. The summed E-state index contributed by atoms with van der Waals surface area (Å²) in [6.45, 7) is 4.78. The van der Waals surface area contributed by atoms with Gasteiger partial charge in [0.2, 0.25) is 5.91 Å². The highest BCUT2D eigenvalue weighted by molar-refractivity contribution is 5.77. The molecule has 1 fully saturated rings. The molecule has 1 rings (SSSR count). The van der Waals surface area contributed by atoms with Crippen LogP contribution < -0.4 is 0 Å². The number of carboxylic acids is 1. The first kappa shape index (κ1) is 14.0. The van der Waals surface area contributed by atoms with E-state index >= 15 is 0 Å². The Morgan fingerprint density at radius 2 is 2.00 bits per heavy atom. The van der Waals surface area contributed by atoms with Crippen LogP contribution in [-0.4, -0.2) is 46.2 Å². The van der Waals surface area contributed by atoms with Crippen molar-refractivity contribution in [3.63, 3.8) is 0 Å². The maximum atomic E-state index is 11.9. The van der Waals surface area contributed by atoms with E-state index in [-0.39, 0.29) is 36.7 Å². The summed E-state index contributed by atoms with van der Waals surface area (Å²) in [4.78, 5) is 24.1. The minimum atomic E-state index is -0.867. The number of nitrogens with zero attached hydrogens (tertiary/aromatic N) is 1. The molecule has 1 aliphatic rings. The van der Waals surface area contributed by atoms with Gasteiger partial charge in [-0.3, -0.25) is 9.59 Å². The van der Waals surface area contributed by atoms with Gasteiger partial charge >= 0.3 is 5.97 Å². The number of carbonyl (C=O) groups is 2. The molecular weight excluding hydrogens is 222 g/mol. The van der Waals surface area contributed by atoms with Crippen LogP contribution >= 0.6 is 0 Å². The molecule has 3 atom stereocenters. The number of rotatable bonds is 5. The highest BCUT2D eigenvalue weighted by Crippen LogP contribution is 2.21. The lowest BCUT2D eigenvalue weighted by Crippen LogP contribution is -2.31. The van der Waals surface area contributed by atoms with Crippen molar-refractivity contribution in [2.75, 3.05) is 13.1 Å². The molecule has 1 amide bonds. The van der Waals surface area contributed by atoms with E-state index in [1.54, 1.807) is 18.7 Å². The van der Waals surface area contributed by atoms with Crippen LogP contribution in [0.2, 0.25) is 0 Å². The number of amides is 1. The van der Waals surface area contributed by atoms with Crippen LogP contribution in [-0.2, 0) is 9.59 Å². The number of carbonyl (C=O) groups excluding carboxylic acids is 1. The van der Waals surface area contributed by atoms with Crippen molar-refractivity contribution in [2.24, 2.45) is 11.8 Å². The Morgan fingerprint density at radius 3 is 2.47 bits per heavy atom. The molecule has 0 aromatic heterocycles. The fourth-order valence-electron chi connectivity index (χ4n) is 2.21. The molecular formula is C12H21NO4. The Kier molecular flexibility index (Phi) is 4.93. The molecule has 1 heterocycles. The lowest BCUT2D eigenvalue weighted by atomic mass is 10.0. The Balaban J connectivity index is 2.36. The van der Waals surface area contributed by atoms with Gasteiger partial charge in [0.25, 0.3) is 0 Å². The summed E-state index contributed by atoms with van der Waals surface area (Å²) in [6.07, 6.45) is 0.749. The molecule has 0 aliphatic carbocycles. The molecule has 0 radical (unpaired) electrons. The van der Waals surface area contributed by atoms with Gasteiger partial charge in [0.05, 0.1) is 6.10 Å². The number of aliphatic hydroxyl groups is 1. The fraction of sp³-hybridized carbons (Fsp3) is 0.833. The quantitative estimate of drug-likeness (QED) is 0.745. The molecule has 0 aromatic rings. The van der Waals surface area contributed by atoms with Gasteiger partial charge in [-0.1, -0.05) is 6.92 Å². The van der Waals surface area contributed by atoms with Gasteiger partial charge in [-0.25, -0.2) is 0 Å². The Labute approximate surface area is 101 Å². The zero-order chi connectivity index (χ0) is 13.0. The lowest BCUT2D eigenvalue weighted by Gasteiger charge is -2.19. The van der Waals surface area contributed by atoms with E-state index in [1.807, 2.05) is 0 Å². The van der Waals surface area contributed by atoms with Crippen LogP contribution in [0.3, 0.4) is 0 Å². The topological polar surface area (TPSA) is 77.8 Å². The van der Waals surface area contributed by atoms with Crippen LogP contribution in [0.5, 0.6) is 0 Å². The smallest absolute Gasteiger partial charge is 0.303 e. The second kappa shape index (κ2) is 6.00. The number of carboxylic acid groups (broad SMARTS) is 1. The molecule has 17 heavy (non-hydrogen) atoms. The van der Waals surface area contributed by atoms with Crippen molar-refractivity contribution >= 4 is 11.9 Å². The SMILES string of the molecule is CC(CC(=O)O)CC(=O)N1CCC(C(C)O)C1. The Hall–Kier alpha value is -1.10. The van der Waals surface area contributed by atoms with E-state index in [2.05, 4.69) is 0 Å². The average Bonchev–Trinajstić information content (AvgIpc) is 2.64. The first-order valence-corrected chi connectivity index (χ1v) is 6.07. The Morgan fingerprint density at radius 1 is 1.35 bits per heavy atom. The van der Waals surface area contributed by atoms with Crippen LogP contribution in [0.25, 0.3) is 0 Å². The maximum Gasteiger partial charge on any atom is 0.303 e. The van der Waals surface area contributed by atoms with Gasteiger partial charge in [0.1, 0.15) is 0 Å². The summed E-state index contributed by atoms with van der Waals surface area (Å²) in [6, 6.07) is 0. The summed E-state index contributed by atoms with van der Waals surface area (Å²) in [5.41, 5.74) is 0. The van der Waals surface area contributed by atoms with E-state index in [4.69, 9.17) is 5.11 Å². The second-order valence-electron chi connectivity index (χ2n) is 5.04. The molecule has 3 unspecified atom stereocenters. The van der Waals surface area contributed by atoms with E-state index in [9.17, 15) is 14.7 Å². The zero-order valence-corrected chi connectivity index (χ0v) is 10.4. The summed E-state index contributed by atoms with van der Waals surface area (Å²) in [5, 5.41) is 18.1. The largest absolute Gasteiger partial charge is 0.481 e. The fourth-order valence-corrected chi connectivity index (χ4v) is 2.21. The summed E-state index contributed by atoms with van der Waals surface area (Å²) in [5.74, 6) is -0.838. The predicted molar refractivity (Wildman–Crippen MR) is 62.4 cm³/mol. The van der Waals surface area contributed by atoms with Crippen LogP contribution in [0.1, 0.15) is 33.1 Å². The van der Waals surface area contributed by atoms with Crippen LogP contribution in [0.4, 0.5) is 0 Å². The Bertz CT molecular complexity index is 290. The van der Waals surface area contributed by atoms with Gasteiger partial charge < -0.3 is 15.1 Å². The maximum absolute atomic E-state index is 11.9. The monoisotopic (exact) mass is 243 g/mol. The molecule has 98 valence electrons.